The minimum atomic E-state index is 0.608. The van der Waals surface area contributed by atoms with E-state index in [1.807, 2.05) is 30.8 Å². The lowest BCUT2D eigenvalue weighted by molar-refractivity contribution is 0.829. The number of anilines is 1. The van der Waals surface area contributed by atoms with Gasteiger partial charge in [-0.25, -0.2) is 14.6 Å². The minimum Gasteiger partial charge on any atom is -0.372 e. The molecule has 0 saturated carbocycles. The number of nitrogens with one attached hydrogen (secondary N) is 1. The molecule has 0 bridgehead atoms. The number of rotatable bonds is 2. The van der Waals surface area contributed by atoms with Crippen LogP contribution in [0.2, 0.25) is 5.02 Å². The molecule has 0 aliphatic rings. The fourth-order valence-corrected chi connectivity index (χ4v) is 1.87. The predicted octanol–water partition coefficient (Wildman–Crippen LogP) is 1.92. The second kappa shape index (κ2) is 3.99. The number of halogens is 1. The van der Waals surface area contributed by atoms with E-state index in [2.05, 4.69) is 20.4 Å². The molecule has 0 unspecified atom stereocenters. The number of fused-ring (bicyclic) bond motifs is 1. The van der Waals surface area contributed by atoms with Crippen molar-refractivity contribution >= 4 is 23.1 Å². The van der Waals surface area contributed by atoms with Gasteiger partial charge in [-0.3, -0.25) is 0 Å². The molecule has 3 aromatic rings. The van der Waals surface area contributed by atoms with Gasteiger partial charge < -0.3 is 9.72 Å². The number of aromatic nitrogens is 5. The predicted molar refractivity (Wildman–Crippen MR) is 69.4 cm³/mol. The summed E-state index contributed by atoms with van der Waals surface area (Å²) in [4.78, 5) is 8.74. The molecular weight excluding hydrogens is 252 g/mol. The summed E-state index contributed by atoms with van der Waals surface area (Å²) in [6.07, 6.45) is 7.17. The zero-order valence-electron chi connectivity index (χ0n) is 9.92. The molecule has 0 aliphatic heterocycles. The van der Waals surface area contributed by atoms with Gasteiger partial charge in [0.15, 0.2) is 11.5 Å². The van der Waals surface area contributed by atoms with Crippen molar-refractivity contribution in [3.63, 3.8) is 0 Å². The van der Waals surface area contributed by atoms with Crippen LogP contribution in [0, 0.1) is 6.92 Å². The zero-order chi connectivity index (χ0) is 12.7. The van der Waals surface area contributed by atoms with Crippen LogP contribution in [0.4, 0.5) is 5.82 Å². The second-order valence-electron chi connectivity index (χ2n) is 3.86. The largest absolute Gasteiger partial charge is 0.372 e. The summed E-state index contributed by atoms with van der Waals surface area (Å²) in [6.45, 7) is 1.85. The number of nitrogens with zero attached hydrogens (tertiary/aromatic N) is 5. The molecule has 3 aromatic heterocycles. The highest BCUT2D eigenvalue weighted by Gasteiger charge is 2.11. The maximum absolute atomic E-state index is 6.02. The quantitative estimate of drug-likeness (QED) is 0.767. The van der Waals surface area contributed by atoms with Crippen LogP contribution in [0.1, 0.15) is 5.69 Å². The Morgan fingerprint density at radius 1 is 1.33 bits per heavy atom. The van der Waals surface area contributed by atoms with Gasteiger partial charge in [-0.1, -0.05) is 11.6 Å². The van der Waals surface area contributed by atoms with Gasteiger partial charge in [0.05, 0.1) is 23.1 Å². The molecule has 92 valence electrons. The van der Waals surface area contributed by atoms with Crippen LogP contribution in [0.5, 0.6) is 0 Å². The number of hydrogen-bond donors (Lipinski definition) is 1. The van der Waals surface area contributed by atoms with E-state index in [9.17, 15) is 0 Å². The number of aryl methyl sites for hydroxylation is 1. The van der Waals surface area contributed by atoms with Crippen LogP contribution in [-0.2, 0) is 0 Å². The lowest BCUT2D eigenvalue weighted by atomic mass is 10.5. The Labute approximate surface area is 108 Å². The van der Waals surface area contributed by atoms with Crippen LogP contribution in [-0.4, -0.2) is 31.2 Å². The number of hydrogen-bond acceptors (Lipinski definition) is 4. The van der Waals surface area contributed by atoms with Crippen LogP contribution in [0.25, 0.3) is 11.5 Å². The van der Waals surface area contributed by atoms with Crippen LogP contribution >= 0.6 is 11.6 Å². The Morgan fingerprint density at radius 3 is 2.83 bits per heavy atom. The van der Waals surface area contributed by atoms with Gasteiger partial charge in [0.2, 0.25) is 0 Å². The Morgan fingerprint density at radius 2 is 2.17 bits per heavy atom. The highest BCUT2D eigenvalue weighted by Crippen LogP contribution is 2.19. The number of imidazole rings is 1. The molecule has 0 radical (unpaired) electrons. The first-order valence-electron chi connectivity index (χ1n) is 5.42. The van der Waals surface area contributed by atoms with E-state index in [4.69, 9.17) is 11.6 Å². The first-order chi connectivity index (χ1) is 8.69. The summed E-state index contributed by atoms with van der Waals surface area (Å²) in [6, 6.07) is 0. The van der Waals surface area contributed by atoms with Gasteiger partial charge in [-0.2, -0.15) is 5.10 Å². The summed E-state index contributed by atoms with van der Waals surface area (Å²) in [5.74, 6) is 1.38. The third kappa shape index (κ3) is 1.62. The van der Waals surface area contributed by atoms with Crippen LogP contribution in [0.3, 0.4) is 0 Å². The molecule has 1 N–H and O–H groups in total. The highest BCUT2D eigenvalue weighted by molar-refractivity contribution is 6.31. The van der Waals surface area contributed by atoms with Crippen molar-refractivity contribution < 1.29 is 0 Å². The average Bonchev–Trinajstić information content (AvgIpc) is 2.95. The van der Waals surface area contributed by atoms with E-state index in [-0.39, 0.29) is 0 Å². The lowest BCUT2D eigenvalue weighted by Gasteiger charge is -2.06. The smallest absolute Gasteiger partial charge is 0.199 e. The molecule has 0 fully saturated rings. The fraction of sp³-hybridized carbons (Fsp3) is 0.182. The van der Waals surface area contributed by atoms with Gasteiger partial charge in [0, 0.05) is 19.4 Å². The van der Waals surface area contributed by atoms with Crippen molar-refractivity contribution in [3.05, 3.63) is 35.5 Å². The Balaban J connectivity index is 2.29. The van der Waals surface area contributed by atoms with E-state index in [0.29, 0.717) is 10.8 Å². The summed E-state index contributed by atoms with van der Waals surface area (Å²) in [5.41, 5.74) is 1.49. The molecule has 7 heteroatoms. The standard InChI is InChI=1S/C11H11ClN6/c1-7-8(12)5-18(16-7)11-10-14-3-4-17(10)6-9(13-2)15-11/h3-6,13H,1-2H3. The molecule has 3 rings (SSSR count). The molecule has 18 heavy (non-hydrogen) atoms. The minimum absolute atomic E-state index is 0.608. The fourth-order valence-electron chi connectivity index (χ4n) is 1.74. The monoisotopic (exact) mass is 262 g/mol. The van der Waals surface area contributed by atoms with Crippen molar-refractivity contribution in [3.8, 4) is 5.82 Å². The molecule has 0 aliphatic carbocycles. The van der Waals surface area contributed by atoms with Gasteiger partial charge in [-0.05, 0) is 6.92 Å². The Hall–Kier alpha value is -2.08. The maximum atomic E-state index is 6.02. The third-order valence-electron chi connectivity index (χ3n) is 2.67. The van der Waals surface area contributed by atoms with Crippen LogP contribution in [0.15, 0.2) is 24.8 Å². The zero-order valence-corrected chi connectivity index (χ0v) is 10.7. The van der Waals surface area contributed by atoms with Gasteiger partial charge in [0.25, 0.3) is 0 Å². The molecule has 0 amide bonds. The first-order valence-corrected chi connectivity index (χ1v) is 5.80. The van der Waals surface area contributed by atoms with Crippen molar-refractivity contribution in [2.24, 2.45) is 0 Å². The lowest BCUT2D eigenvalue weighted by Crippen LogP contribution is -2.05. The average molecular weight is 263 g/mol. The van der Waals surface area contributed by atoms with E-state index >= 15 is 0 Å². The van der Waals surface area contributed by atoms with Gasteiger partial charge >= 0.3 is 0 Å². The first kappa shape index (κ1) is 11.0. The topological polar surface area (TPSA) is 60.0 Å². The van der Waals surface area contributed by atoms with Gasteiger partial charge in [-0.15, -0.1) is 0 Å². The summed E-state index contributed by atoms with van der Waals surface area (Å²) in [7, 11) is 1.82. The summed E-state index contributed by atoms with van der Waals surface area (Å²) < 4.78 is 3.53. The molecule has 3 heterocycles. The molecule has 0 saturated heterocycles. The van der Waals surface area contributed by atoms with E-state index in [0.717, 1.165) is 17.2 Å². The summed E-state index contributed by atoms with van der Waals surface area (Å²) in [5, 5.41) is 7.94. The SMILES string of the molecule is CNc1cn2ccnc2c(-n2cc(Cl)c(C)n2)n1. The molecule has 6 nitrogen and oxygen atoms in total. The molecule has 0 atom stereocenters. The molecule has 0 aromatic carbocycles. The third-order valence-corrected chi connectivity index (χ3v) is 3.04. The van der Waals surface area contributed by atoms with Crippen molar-refractivity contribution in [2.45, 2.75) is 6.92 Å². The normalized spacial score (nSPS) is 11.1. The van der Waals surface area contributed by atoms with Crippen molar-refractivity contribution in [2.75, 3.05) is 12.4 Å². The second-order valence-corrected chi connectivity index (χ2v) is 4.27. The van der Waals surface area contributed by atoms with E-state index in [1.54, 1.807) is 17.1 Å². The molecular formula is C11H11ClN6. The Bertz CT molecular complexity index is 694. The molecule has 0 spiro atoms. The highest BCUT2D eigenvalue weighted by atomic mass is 35.5. The van der Waals surface area contributed by atoms with Crippen molar-refractivity contribution in [1.29, 1.82) is 0 Å². The summed E-state index contributed by atoms with van der Waals surface area (Å²) >= 11 is 6.02. The van der Waals surface area contributed by atoms with E-state index < -0.39 is 0 Å². The van der Waals surface area contributed by atoms with E-state index in [1.165, 1.54) is 0 Å². The maximum Gasteiger partial charge on any atom is 0.199 e. The van der Waals surface area contributed by atoms with Crippen LogP contribution < -0.4 is 5.32 Å². The van der Waals surface area contributed by atoms with Gasteiger partial charge in [0.1, 0.15) is 5.82 Å². The Kier molecular flexibility index (Phi) is 2.45. The van der Waals surface area contributed by atoms with Crippen molar-refractivity contribution in [1.82, 2.24) is 24.1 Å².